The number of halogens is 4. The number of carbonyl (C=O) groups excluding carboxylic acids is 1. The van der Waals surface area contributed by atoms with Crippen LogP contribution in [0.2, 0.25) is 0 Å². The molecule has 0 fully saturated rings. The SMILES string of the molecule is COc1c(F)c(F)c(C(=O)NC(=S)Nc2nnn(C)n2)c(F)c1F. The van der Waals surface area contributed by atoms with Crippen LogP contribution in [0.15, 0.2) is 0 Å². The summed E-state index contributed by atoms with van der Waals surface area (Å²) in [6.45, 7) is 0. The summed E-state index contributed by atoms with van der Waals surface area (Å²) in [4.78, 5) is 12.9. The molecule has 24 heavy (non-hydrogen) atoms. The van der Waals surface area contributed by atoms with Gasteiger partial charge in [0.15, 0.2) is 22.5 Å². The van der Waals surface area contributed by atoms with E-state index < -0.39 is 45.6 Å². The molecule has 0 aliphatic rings. The number of nitrogens with zero attached hydrogens (tertiary/aromatic N) is 4. The minimum Gasteiger partial charge on any atom is -0.491 e. The molecular formula is C11H8F4N6O2S. The number of hydrogen-bond donors (Lipinski definition) is 2. The van der Waals surface area contributed by atoms with E-state index in [0.717, 1.165) is 11.9 Å². The van der Waals surface area contributed by atoms with E-state index in [1.54, 1.807) is 0 Å². The molecule has 0 bridgehead atoms. The van der Waals surface area contributed by atoms with Crippen LogP contribution in [0.3, 0.4) is 0 Å². The highest BCUT2D eigenvalue weighted by molar-refractivity contribution is 7.80. The Balaban J connectivity index is 2.25. The molecule has 1 aromatic carbocycles. The minimum absolute atomic E-state index is 0.115. The third-order valence-corrected chi connectivity index (χ3v) is 2.82. The standard InChI is InChI=1S/C11H8F4N6O2S/c1-21-19-10(18-20-21)17-11(24)16-9(22)3-4(12)6(14)8(23-2)7(15)5(3)13/h1-2H3,(H2,16,17,19,22,24). The molecule has 1 heterocycles. The topological polar surface area (TPSA) is 94.0 Å². The number of benzene rings is 1. The summed E-state index contributed by atoms with van der Waals surface area (Å²) in [5, 5.41) is 14.3. The summed E-state index contributed by atoms with van der Waals surface area (Å²) in [5.41, 5.74) is -1.50. The summed E-state index contributed by atoms with van der Waals surface area (Å²) in [5.74, 6) is -10.5. The number of ether oxygens (including phenoxy) is 1. The molecule has 0 unspecified atom stereocenters. The number of aryl methyl sites for hydroxylation is 1. The van der Waals surface area contributed by atoms with Crippen LogP contribution in [-0.4, -0.2) is 38.3 Å². The number of rotatable bonds is 3. The van der Waals surface area contributed by atoms with Crippen molar-refractivity contribution in [3.8, 4) is 5.75 Å². The summed E-state index contributed by atoms with van der Waals surface area (Å²) >= 11 is 4.71. The molecule has 0 aliphatic carbocycles. The van der Waals surface area contributed by atoms with E-state index in [1.807, 2.05) is 5.32 Å². The van der Waals surface area contributed by atoms with Crippen LogP contribution in [0.25, 0.3) is 0 Å². The molecule has 1 amide bonds. The molecule has 2 N–H and O–H groups in total. The second-order valence-corrected chi connectivity index (χ2v) is 4.58. The van der Waals surface area contributed by atoms with Gasteiger partial charge in [0.1, 0.15) is 5.56 Å². The molecule has 13 heteroatoms. The molecule has 0 saturated heterocycles. The van der Waals surface area contributed by atoms with Crippen LogP contribution in [0.5, 0.6) is 5.75 Å². The van der Waals surface area contributed by atoms with Crippen molar-refractivity contribution < 1.29 is 27.1 Å². The van der Waals surface area contributed by atoms with Crippen LogP contribution in [0, 0.1) is 23.3 Å². The molecule has 1 aromatic heterocycles. The smallest absolute Gasteiger partial charge is 0.269 e. The average Bonchev–Trinajstić information content (AvgIpc) is 2.91. The third kappa shape index (κ3) is 3.24. The first-order valence-electron chi connectivity index (χ1n) is 6.02. The molecule has 2 rings (SSSR count). The molecule has 0 radical (unpaired) electrons. The van der Waals surface area contributed by atoms with Gasteiger partial charge in [0.25, 0.3) is 11.9 Å². The van der Waals surface area contributed by atoms with E-state index in [4.69, 9.17) is 12.2 Å². The van der Waals surface area contributed by atoms with Gasteiger partial charge >= 0.3 is 0 Å². The van der Waals surface area contributed by atoms with Crippen molar-refractivity contribution in [3.05, 3.63) is 28.8 Å². The van der Waals surface area contributed by atoms with Crippen molar-refractivity contribution in [2.45, 2.75) is 0 Å². The predicted molar refractivity (Wildman–Crippen MR) is 75.3 cm³/mol. The normalized spacial score (nSPS) is 10.4. The van der Waals surface area contributed by atoms with E-state index in [1.165, 1.54) is 7.05 Å². The van der Waals surface area contributed by atoms with Crippen LogP contribution in [-0.2, 0) is 7.05 Å². The Morgan fingerprint density at radius 3 is 2.21 bits per heavy atom. The van der Waals surface area contributed by atoms with Crippen molar-refractivity contribution >= 4 is 29.2 Å². The van der Waals surface area contributed by atoms with E-state index in [2.05, 4.69) is 25.5 Å². The Bertz CT molecular complexity index is 798. The van der Waals surface area contributed by atoms with Gasteiger partial charge in [0, 0.05) is 0 Å². The fourth-order valence-corrected chi connectivity index (χ4v) is 1.81. The van der Waals surface area contributed by atoms with Crippen LogP contribution in [0.4, 0.5) is 23.5 Å². The summed E-state index contributed by atoms with van der Waals surface area (Å²) < 4.78 is 59.0. The van der Waals surface area contributed by atoms with E-state index in [0.29, 0.717) is 0 Å². The second-order valence-electron chi connectivity index (χ2n) is 4.17. The first-order chi connectivity index (χ1) is 11.3. The van der Waals surface area contributed by atoms with Gasteiger partial charge in [-0.1, -0.05) is 5.10 Å². The Hall–Kier alpha value is -2.83. The maximum absolute atomic E-state index is 13.8. The zero-order chi connectivity index (χ0) is 18.0. The third-order valence-electron chi connectivity index (χ3n) is 2.62. The number of thiocarbonyl (C=S) groups is 1. The molecule has 0 aliphatic heterocycles. The second kappa shape index (κ2) is 6.74. The number of methoxy groups -OCH3 is 1. The molecule has 0 atom stereocenters. The van der Waals surface area contributed by atoms with Gasteiger partial charge in [0.05, 0.1) is 14.2 Å². The Morgan fingerprint density at radius 1 is 1.17 bits per heavy atom. The lowest BCUT2D eigenvalue weighted by Gasteiger charge is -2.11. The number of tetrazole rings is 1. The van der Waals surface area contributed by atoms with Gasteiger partial charge in [-0.3, -0.25) is 15.4 Å². The lowest BCUT2D eigenvalue weighted by atomic mass is 10.1. The predicted octanol–water partition coefficient (Wildman–Crippen LogP) is 0.902. The lowest BCUT2D eigenvalue weighted by molar-refractivity contribution is 0.0966. The maximum Gasteiger partial charge on any atom is 0.269 e. The highest BCUT2D eigenvalue weighted by atomic mass is 32.1. The summed E-state index contributed by atoms with van der Waals surface area (Å²) in [6.07, 6.45) is 0. The van der Waals surface area contributed by atoms with Gasteiger partial charge < -0.3 is 4.74 Å². The number of aromatic nitrogens is 4. The van der Waals surface area contributed by atoms with Crippen LogP contribution >= 0.6 is 12.2 Å². The molecular weight excluding hydrogens is 356 g/mol. The van der Waals surface area contributed by atoms with E-state index >= 15 is 0 Å². The number of hydrogen-bond acceptors (Lipinski definition) is 6. The number of nitrogens with one attached hydrogen (secondary N) is 2. The number of amides is 1. The van der Waals surface area contributed by atoms with Gasteiger partial charge in [-0.25, -0.2) is 8.78 Å². The van der Waals surface area contributed by atoms with E-state index in [-0.39, 0.29) is 5.95 Å². The summed E-state index contributed by atoms with van der Waals surface area (Å²) in [6, 6.07) is 0. The molecule has 0 saturated carbocycles. The monoisotopic (exact) mass is 364 g/mol. The lowest BCUT2D eigenvalue weighted by Crippen LogP contribution is -2.36. The van der Waals surface area contributed by atoms with Crippen molar-refractivity contribution in [1.29, 1.82) is 0 Å². The Labute approximate surface area is 136 Å². The van der Waals surface area contributed by atoms with Gasteiger partial charge in [-0.2, -0.15) is 13.6 Å². The highest BCUT2D eigenvalue weighted by Gasteiger charge is 2.30. The molecule has 2 aromatic rings. The van der Waals surface area contributed by atoms with Crippen molar-refractivity contribution in [1.82, 2.24) is 25.5 Å². The minimum atomic E-state index is -1.93. The van der Waals surface area contributed by atoms with Gasteiger partial charge in [-0.15, -0.1) is 5.10 Å². The average molecular weight is 364 g/mol. The van der Waals surface area contributed by atoms with Crippen molar-refractivity contribution in [3.63, 3.8) is 0 Å². The zero-order valence-electron chi connectivity index (χ0n) is 12.0. The first-order valence-corrected chi connectivity index (χ1v) is 6.43. The molecule has 128 valence electrons. The first kappa shape index (κ1) is 17.5. The fraction of sp³-hybridized carbons (Fsp3) is 0.182. The van der Waals surface area contributed by atoms with Crippen molar-refractivity contribution in [2.24, 2.45) is 7.05 Å². The Morgan fingerprint density at radius 2 is 1.75 bits per heavy atom. The zero-order valence-corrected chi connectivity index (χ0v) is 12.8. The van der Waals surface area contributed by atoms with Gasteiger partial charge in [-0.05, 0) is 17.4 Å². The number of carbonyl (C=O) groups is 1. The van der Waals surface area contributed by atoms with Crippen LogP contribution in [0.1, 0.15) is 10.4 Å². The van der Waals surface area contributed by atoms with Crippen LogP contribution < -0.4 is 15.4 Å². The molecule has 8 nitrogen and oxygen atoms in total. The van der Waals surface area contributed by atoms with E-state index in [9.17, 15) is 22.4 Å². The van der Waals surface area contributed by atoms with Gasteiger partial charge in [0.2, 0.25) is 11.6 Å². The maximum atomic E-state index is 13.8. The highest BCUT2D eigenvalue weighted by Crippen LogP contribution is 2.29. The quantitative estimate of drug-likeness (QED) is 0.475. The largest absolute Gasteiger partial charge is 0.491 e. The summed E-state index contributed by atoms with van der Waals surface area (Å²) in [7, 11) is 2.26. The Kier molecular flexibility index (Phi) is 4.92. The number of anilines is 1. The van der Waals surface area contributed by atoms with Crippen molar-refractivity contribution in [2.75, 3.05) is 12.4 Å². The molecule has 0 spiro atoms. The fourth-order valence-electron chi connectivity index (χ4n) is 1.62.